The molecule has 0 aromatic heterocycles. The number of amides is 2. The van der Waals surface area contributed by atoms with Crippen LogP contribution in [0.2, 0.25) is 13.1 Å². The summed E-state index contributed by atoms with van der Waals surface area (Å²) in [6.45, 7) is 3.06. The number of benzene rings is 2. The van der Waals surface area contributed by atoms with Crippen LogP contribution in [0.15, 0.2) is 48.5 Å². The minimum Gasteiger partial charge on any atom is -0.408 e. The fourth-order valence-corrected chi connectivity index (χ4v) is 8.90. The summed E-state index contributed by atoms with van der Waals surface area (Å²) in [5.74, 6) is -0.732. The van der Waals surface area contributed by atoms with Gasteiger partial charge in [0.2, 0.25) is 22.3 Å². The molecule has 0 spiro atoms. The van der Waals surface area contributed by atoms with Crippen molar-refractivity contribution in [3.05, 3.63) is 48.5 Å². The Morgan fingerprint density at radius 3 is 1.29 bits per heavy atom. The van der Waals surface area contributed by atoms with Crippen molar-refractivity contribution < 1.29 is 32.9 Å². The standard InChI is InChI=1S/C22H26Cl2N2O7Si2/c1-34(31,17-7-3-15(4-8-17)25-21(29)13-11-19(23)27)33-35(2,32)18-9-5-16(6-10-18)26-22(30)14-12-20(24)28/h3-10,31-32H,11-14H2,1-2H3,(H,25,29)(H,26,30). The summed E-state index contributed by atoms with van der Waals surface area (Å²) in [7, 11) is -7.06. The van der Waals surface area contributed by atoms with E-state index in [0.29, 0.717) is 21.7 Å². The van der Waals surface area contributed by atoms with Crippen molar-refractivity contribution in [1.29, 1.82) is 0 Å². The minimum atomic E-state index is -3.53. The molecule has 0 saturated heterocycles. The highest BCUT2D eigenvalue weighted by Crippen LogP contribution is 2.15. The molecule has 0 fully saturated rings. The second-order valence-corrected chi connectivity index (χ2v) is 14.8. The molecule has 0 aliphatic heterocycles. The Morgan fingerprint density at radius 2 is 1.00 bits per heavy atom. The summed E-state index contributed by atoms with van der Waals surface area (Å²) >= 11 is 10.5. The first-order valence-electron chi connectivity index (χ1n) is 10.6. The highest BCUT2D eigenvalue weighted by Gasteiger charge is 2.41. The zero-order chi connectivity index (χ0) is 26.2. The second-order valence-electron chi connectivity index (χ2n) is 8.03. The topological polar surface area (TPSA) is 142 Å². The SMILES string of the molecule is C[Si](O)(O[Si](C)(O)c1ccc(NC(=O)CCC(=O)Cl)cc1)c1ccc(NC(=O)CCC(=O)Cl)cc1. The first-order chi connectivity index (χ1) is 16.3. The van der Waals surface area contributed by atoms with E-state index in [9.17, 15) is 28.8 Å². The van der Waals surface area contributed by atoms with Crippen LogP contribution >= 0.6 is 23.2 Å². The van der Waals surface area contributed by atoms with Crippen molar-refractivity contribution in [2.24, 2.45) is 0 Å². The molecule has 9 nitrogen and oxygen atoms in total. The van der Waals surface area contributed by atoms with Crippen LogP contribution in [-0.2, 0) is 23.3 Å². The third-order valence-corrected chi connectivity index (χ3v) is 11.3. The maximum atomic E-state index is 11.8. The van der Waals surface area contributed by atoms with Gasteiger partial charge in [-0.3, -0.25) is 19.2 Å². The summed E-state index contributed by atoms with van der Waals surface area (Å²) < 4.78 is 5.88. The first kappa shape index (κ1) is 28.8. The van der Waals surface area contributed by atoms with E-state index in [-0.39, 0.29) is 37.5 Å². The number of halogens is 2. The maximum Gasteiger partial charge on any atom is 0.358 e. The molecule has 0 radical (unpaired) electrons. The lowest BCUT2D eigenvalue weighted by Gasteiger charge is -2.30. The van der Waals surface area contributed by atoms with Crippen LogP contribution in [0.1, 0.15) is 25.7 Å². The molecule has 2 aromatic carbocycles. The molecular weight excluding hydrogens is 531 g/mol. The molecule has 2 unspecified atom stereocenters. The number of carbonyl (C=O) groups is 4. The average Bonchev–Trinajstić information content (AvgIpc) is 2.76. The Bertz CT molecular complexity index is 993. The minimum absolute atomic E-state index is 0.0380. The molecule has 4 N–H and O–H groups in total. The highest BCUT2D eigenvalue weighted by molar-refractivity contribution is 6.91. The summed E-state index contributed by atoms with van der Waals surface area (Å²) in [6, 6.07) is 12.8. The summed E-state index contributed by atoms with van der Waals surface area (Å²) in [5.41, 5.74) is 0.949. The summed E-state index contributed by atoms with van der Waals surface area (Å²) in [4.78, 5) is 67.3. The predicted octanol–water partition coefficient (Wildman–Crippen LogP) is 1.91. The van der Waals surface area contributed by atoms with Crippen LogP contribution in [0.4, 0.5) is 11.4 Å². The Kier molecular flexibility index (Phi) is 10.3. The van der Waals surface area contributed by atoms with Crippen molar-refractivity contribution in [2.45, 2.75) is 38.8 Å². The van der Waals surface area contributed by atoms with Crippen molar-refractivity contribution in [1.82, 2.24) is 0 Å². The van der Waals surface area contributed by atoms with Gasteiger partial charge in [-0.25, -0.2) is 0 Å². The molecule has 0 saturated carbocycles. The van der Waals surface area contributed by atoms with Crippen molar-refractivity contribution >= 4 is 84.4 Å². The zero-order valence-corrected chi connectivity index (χ0v) is 22.7. The van der Waals surface area contributed by atoms with Gasteiger partial charge in [0.15, 0.2) is 0 Å². The molecule has 188 valence electrons. The average molecular weight is 558 g/mol. The smallest absolute Gasteiger partial charge is 0.358 e. The fraction of sp³-hybridized carbons (Fsp3) is 0.273. The zero-order valence-electron chi connectivity index (χ0n) is 19.1. The van der Waals surface area contributed by atoms with Gasteiger partial charge in [-0.2, -0.15) is 0 Å². The molecule has 35 heavy (non-hydrogen) atoms. The van der Waals surface area contributed by atoms with Gasteiger partial charge in [0.05, 0.1) is 0 Å². The van der Waals surface area contributed by atoms with Gasteiger partial charge in [0.25, 0.3) is 0 Å². The highest BCUT2D eigenvalue weighted by atomic mass is 35.5. The van der Waals surface area contributed by atoms with E-state index in [1.165, 1.54) is 13.1 Å². The quantitative estimate of drug-likeness (QED) is 0.231. The lowest BCUT2D eigenvalue weighted by Crippen LogP contribution is -2.61. The molecule has 0 heterocycles. The monoisotopic (exact) mass is 556 g/mol. The van der Waals surface area contributed by atoms with Gasteiger partial charge in [-0.1, -0.05) is 24.3 Å². The molecule has 13 heteroatoms. The summed E-state index contributed by atoms with van der Waals surface area (Å²) in [6.07, 6.45) is -0.209. The molecule has 2 atom stereocenters. The third-order valence-electron chi connectivity index (χ3n) is 4.90. The van der Waals surface area contributed by atoms with Crippen molar-refractivity contribution in [3.63, 3.8) is 0 Å². The van der Waals surface area contributed by atoms with Gasteiger partial charge in [-0.15, -0.1) is 0 Å². The molecule has 0 aliphatic rings. The van der Waals surface area contributed by atoms with Crippen molar-refractivity contribution in [3.8, 4) is 0 Å². The van der Waals surface area contributed by atoms with Crippen LogP contribution in [0.5, 0.6) is 0 Å². The Balaban J connectivity index is 2.02. The molecule has 2 rings (SSSR count). The number of rotatable bonds is 12. The van der Waals surface area contributed by atoms with E-state index in [0.717, 1.165) is 0 Å². The van der Waals surface area contributed by atoms with Gasteiger partial charge in [0.1, 0.15) is 0 Å². The Morgan fingerprint density at radius 1 is 0.686 bits per heavy atom. The van der Waals surface area contributed by atoms with E-state index in [2.05, 4.69) is 10.6 Å². The molecule has 2 aromatic rings. The van der Waals surface area contributed by atoms with E-state index in [4.69, 9.17) is 27.3 Å². The maximum absolute atomic E-state index is 11.8. The lowest BCUT2D eigenvalue weighted by atomic mass is 10.3. The second kappa shape index (κ2) is 12.5. The largest absolute Gasteiger partial charge is 0.408 e. The Hall–Kier alpha value is -2.39. The van der Waals surface area contributed by atoms with Crippen molar-refractivity contribution in [2.75, 3.05) is 10.6 Å². The fourth-order valence-electron chi connectivity index (χ4n) is 3.10. The predicted molar refractivity (Wildman–Crippen MR) is 138 cm³/mol. The number of anilines is 2. The van der Waals surface area contributed by atoms with Gasteiger partial charge in [0, 0.05) is 37.1 Å². The lowest BCUT2D eigenvalue weighted by molar-refractivity contribution is -0.119. The third kappa shape index (κ3) is 9.65. The van der Waals surface area contributed by atoms with Gasteiger partial charge >= 0.3 is 17.1 Å². The molecule has 0 aliphatic carbocycles. The van der Waals surface area contributed by atoms with Crippen LogP contribution < -0.4 is 21.0 Å². The molecular formula is C22H26Cl2N2O7Si2. The number of hydrogen-bond donors (Lipinski definition) is 4. The number of nitrogens with one attached hydrogen (secondary N) is 2. The summed E-state index contributed by atoms with van der Waals surface area (Å²) in [5, 5.41) is 5.04. The van der Waals surface area contributed by atoms with Crippen LogP contribution in [0, 0.1) is 0 Å². The van der Waals surface area contributed by atoms with Gasteiger partial charge < -0.3 is 24.3 Å². The first-order valence-corrected chi connectivity index (χ1v) is 16.1. The van der Waals surface area contributed by atoms with Crippen LogP contribution in [0.25, 0.3) is 0 Å². The number of carbonyl (C=O) groups excluding carboxylic acids is 4. The molecule has 0 bridgehead atoms. The number of hydrogen-bond acceptors (Lipinski definition) is 7. The van der Waals surface area contributed by atoms with E-state index in [1.54, 1.807) is 48.5 Å². The van der Waals surface area contributed by atoms with E-state index in [1.807, 2.05) is 0 Å². The van der Waals surface area contributed by atoms with E-state index >= 15 is 0 Å². The Labute approximate surface area is 214 Å². The van der Waals surface area contributed by atoms with Crippen LogP contribution in [-0.4, -0.2) is 49.0 Å². The molecule has 2 amide bonds. The van der Waals surface area contributed by atoms with E-state index < -0.39 is 27.6 Å². The normalized spacial score (nSPS) is 14.3. The van der Waals surface area contributed by atoms with Gasteiger partial charge in [-0.05, 0) is 70.9 Å². The van der Waals surface area contributed by atoms with Crippen LogP contribution in [0.3, 0.4) is 0 Å².